The quantitative estimate of drug-likeness (QED) is 0.908. The number of aromatic nitrogens is 5. The highest BCUT2D eigenvalue weighted by atomic mass is 16.5. The maximum absolute atomic E-state index is 5.11. The topological polar surface area (TPSA) is 77.8 Å². The Morgan fingerprint density at radius 1 is 1.41 bits per heavy atom. The molecule has 7 heteroatoms. The number of anilines is 1. The number of methoxy groups -OCH3 is 1. The van der Waals surface area contributed by atoms with Gasteiger partial charge in [0, 0.05) is 37.7 Å². The van der Waals surface area contributed by atoms with Crippen molar-refractivity contribution < 1.29 is 4.74 Å². The molecule has 7 nitrogen and oxygen atoms in total. The number of fused-ring (bicyclic) bond motifs is 1. The third-order valence-corrected chi connectivity index (χ3v) is 3.98. The van der Waals surface area contributed by atoms with Crippen molar-refractivity contribution in [2.45, 2.75) is 39.2 Å². The lowest BCUT2D eigenvalue weighted by Gasteiger charge is -2.25. The minimum Gasteiger partial charge on any atom is -0.481 e. The summed E-state index contributed by atoms with van der Waals surface area (Å²) in [6.45, 7) is 6.10. The van der Waals surface area contributed by atoms with E-state index in [1.807, 2.05) is 0 Å². The van der Waals surface area contributed by atoms with Crippen LogP contribution in [0.2, 0.25) is 0 Å². The lowest BCUT2D eigenvalue weighted by Crippen LogP contribution is -2.27. The molecule has 0 saturated carbocycles. The fourth-order valence-corrected chi connectivity index (χ4v) is 2.79. The van der Waals surface area contributed by atoms with Gasteiger partial charge in [-0.15, -0.1) is 10.2 Å². The summed E-state index contributed by atoms with van der Waals surface area (Å²) < 4.78 is 7.38. The molecule has 3 heterocycles. The molecule has 1 N–H and O–H groups in total. The zero-order valence-electron chi connectivity index (χ0n) is 13.3. The number of aryl methyl sites for hydroxylation is 1. The molecule has 0 amide bonds. The van der Waals surface area contributed by atoms with Crippen molar-refractivity contribution in [2.24, 2.45) is 5.92 Å². The molecule has 22 heavy (non-hydrogen) atoms. The van der Waals surface area contributed by atoms with E-state index in [4.69, 9.17) is 4.74 Å². The summed E-state index contributed by atoms with van der Waals surface area (Å²) in [6.07, 6.45) is 3.78. The second-order valence-electron chi connectivity index (χ2n) is 5.95. The Hall–Kier alpha value is -2.18. The highest BCUT2D eigenvalue weighted by molar-refractivity contribution is 5.27. The summed E-state index contributed by atoms with van der Waals surface area (Å²) in [5.74, 6) is 4.29. The van der Waals surface area contributed by atoms with Gasteiger partial charge in [-0.05, 0) is 12.3 Å². The number of hydrogen-bond acceptors (Lipinski definition) is 6. The molecule has 1 aliphatic rings. The first kappa shape index (κ1) is 14.7. The Balaban J connectivity index is 1.63. The van der Waals surface area contributed by atoms with Gasteiger partial charge in [-0.25, -0.2) is 4.98 Å². The van der Waals surface area contributed by atoms with Crippen LogP contribution in [0.25, 0.3) is 0 Å². The van der Waals surface area contributed by atoms with Gasteiger partial charge in [0.25, 0.3) is 0 Å². The van der Waals surface area contributed by atoms with Gasteiger partial charge in [0.2, 0.25) is 11.8 Å². The van der Waals surface area contributed by atoms with Gasteiger partial charge < -0.3 is 14.6 Å². The van der Waals surface area contributed by atoms with Gasteiger partial charge in [0.15, 0.2) is 0 Å². The molecule has 2 aromatic rings. The fourth-order valence-electron chi connectivity index (χ4n) is 2.79. The van der Waals surface area contributed by atoms with Crippen molar-refractivity contribution in [2.75, 3.05) is 19.0 Å². The van der Waals surface area contributed by atoms with Crippen molar-refractivity contribution in [1.82, 2.24) is 24.7 Å². The maximum atomic E-state index is 5.11. The Kier molecular flexibility index (Phi) is 4.22. The second-order valence-corrected chi connectivity index (χ2v) is 5.95. The number of rotatable bonds is 5. The van der Waals surface area contributed by atoms with E-state index in [0.717, 1.165) is 37.6 Å². The average molecular weight is 302 g/mol. The van der Waals surface area contributed by atoms with Crippen LogP contribution in [0.5, 0.6) is 5.88 Å². The molecule has 2 aromatic heterocycles. The SMILES string of the molecule is COc1ccnc(NCC2CCc3nnc(C(C)C)n3C2)n1. The van der Waals surface area contributed by atoms with E-state index in [1.165, 1.54) is 0 Å². The molecular formula is C15H22N6O. The van der Waals surface area contributed by atoms with Crippen molar-refractivity contribution >= 4 is 5.95 Å². The molecule has 118 valence electrons. The predicted molar refractivity (Wildman–Crippen MR) is 83.0 cm³/mol. The first-order valence-corrected chi connectivity index (χ1v) is 7.70. The first-order valence-electron chi connectivity index (χ1n) is 7.70. The summed E-state index contributed by atoms with van der Waals surface area (Å²) >= 11 is 0. The van der Waals surface area contributed by atoms with E-state index < -0.39 is 0 Å². The van der Waals surface area contributed by atoms with E-state index in [0.29, 0.717) is 23.7 Å². The number of nitrogens with zero attached hydrogens (tertiary/aromatic N) is 5. The molecule has 3 rings (SSSR count). The first-order chi connectivity index (χ1) is 10.7. The molecular weight excluding hydrogens is 280 g/mol. The van der Waals surface area contributed by atoms with Gasteiger partial charge in [-0.1, -0.05) is 13.8 Å². The van der Waals surface area contributed by atoms with E-state index in [9.17, 15) is 0 Å². The van der Waals surface area contributed by atoms with Crippen molar-refractivity contribution in [3.63, 3.8) is 0 Å². The van der Waals surface area contributed by atoms with Crippen LogP contribution in [0.1, 0.15) is 37.8 Å². The second kappa shape index (κ2) is 6.29. The van der Waals surface area contributed by atoms with Gasteiger partial charge in [-0.3, -0.25) is 0 Å². The van der Waals surface area contributed by atoms with E-state index in [-0.39, 0.29) is 0 Å². The Bertz CT molecular complexity index is 639. The molecule has 0 bridgehead atoms. The Morgan fingerprint density at radius 2 is 2.27 bits per heavy atom. The Labute approximate surface area is 130 Å². The molecule has 0 saturated heterocycles. The lowest BCUT2D eigenvalue weighted by atomic mass is 9.99. The van der Waals surface area contributed by atoms with Crippen molar-refractivity contribution in [3.05, 3.63) is 23.9 Å². The third kappa shape index (κ3) is 3.03. The van der Waals surface area contributed by atoms with Gasteiger partial charge in [0.1, 0.15) is 11.6 Å². The van der Waals surface area contributed by atoms with Crippen LogP contribution >= 0.6 is 0 Å². The highest BCUT2D eigenvalue weighted by Crippen LogP contribution is 2.23. The molecule has 0 aromatic carbocycles. The normalized spacial score (nSPS) is 17.4. The predicted octanol–water partition coefficient (Wildman–Crippen LogP) is 1.87. The molecule has 0 radical (unpaired) electrons. The van der Waals surface area contributed by atoms with Crippen LogP contribution in [0.3, 0.4) is 0 Å². The number of ether oxygens (including phenoxy) is 1. The maximum Gasteiger partial charge on any atom is 0.225 e. The number of nitrogens with one attached hydrogen (secondary N) is 1. The summed E-state index contributed by atoms with van der Waals surface area (Å²) in [4.78, 5) is 8.50. The average Bonchev–Trinajstić information content (AvgIpc) is 2.96. The summed E-state index contributed by atoms with van der Waals surface area (Å²) in [5.41, 5.74) is 0. The lowest BCUT2D eigenvalue weighted by molar-refractivity contribution is 0.370. The van der Waals surface area contributed by atoms with Crippen LogP contribution in [0.4, 0.5) is 5.95 Å². The monoisotopic (exact) mass is 302 g/mol. The molecule has 1 atom stereocenters. The number of hydrogen-bond donors (Lipinski definition) is 1. The van der Waals surface area contributed by atoms with E-state index in [2.05, 4.69) is 43.9 Å². The van der Waals surface area contributed by atoms with Crippen molar-refractivity contribution in [3.8, 4) is 5.88 Å². The minimum atomic E-state index is 0.398. The van der Waals surface area contributed by atoms with E-state index in [1.54, 1.807) is 19.4 Å². The Morgan fingerprint density at radius 3 is 3.05 bits per heavy atom. The largest absolute Gasteiger partial charge is 0.481 e. The van der Waals surface area contributed by atoms with Crippen LogP contribution < -0.4 is 10.1 Å². The van der Waals surface area contributed by atoms with E-state index >= 15 is 0 Å². The van der Waals surface area contributed by atoms with Gasteiger partial charge >= 0.3 is 0 Å². The molecule has 1 aliphatic heterocycles. The highest BCUT2D eigenvalue weighted by Gasteiger charge is 2.23. The molecule has 1 unspecified atom stereocenters. The zero-order chi connectivity index (χ0) is 15.5. The summed E-state index contributed by atoms with van der Waals surface area (Å²) in [5, 5.41) is 11.9. The summed E-state index contributed by atoms with van der Waals surface area (Å²) in [6, 6.07) is 1.74. The molecule has 0 aliphatic carbocycles. The third-order valence-electron chi connectivity index (χ3n) is 3.98. The molecule has 0 fully saturated rings. The standard InChI is InChI=1S/C15H22N6O/c1-10(2)14-20-19-12-5-4-11(9-21(12)14)8-17-15-16-7-6-13(18-15)22-3/h6-7,10-11H,4-5,8-9H2,1-3H3,(H,16,17,18). The van der Waals surface area contributed by atoms with Gasteiger partial charge in [0.05, 0.1) is 7.11 Å². The molecule has 0 spiro atoms. The fraction of sp³-hybridized carbons (Fsp3) is 0.600. The summed E-state index contributed by atoms with van der Waals surface area (Å²) in [7, 11) is 1.61. The van der Waals surface area contributed by atoms with Crippen LogP contribution in [-0.4, -0.2) is 38.4 Å². The van der Waals surface area contributed by atoms with Crippen LogP contribution in [0, 0.1) is 5.92 Å². The van der Waals surface area contributed by atoms with Gasteiger partial charge in [-0.2, -0.15) is 4.98 Å². The van der Waals surface area contributed by atoms with Crippen LogP contribution in [-0.2, 0) is 13.0 Å². The van der Waals surface area contributed by atoms with Crippen molar-refractivity contribution in [1.29, 1.82) is 0 Å². The van der Waals surface area contributed by atoms with Crippen LogP contribution in [0.15, 0.2) is 12.3 Å². The smallest absolute Gasteiger partial charge is 0.225 e. The zero-order valence-corrected chi connectivity index (χ0v) is 13.3. The minimum absolute atomic E-state index is 0.398.